The van der Waals surface area contributed by atoms with Crippen molar-refractivity contribution in [2.24, 2.45) is 5.73 Å². The van der Waals surface area contributed by atoms with E-state index >= 15 is 0 Å². The predicted octanol–water partition coefficient (Wildman–Crippen LogP) is -1.76. The van der Waals surface area contributed by atoms with Crippen molar-refractivity contribution < 1.29 is 18.0 Å². The van der Waals surface area contributed by atoms with Crippen LogP contribution in [0.2, 0.25) is 0 Å². The number of carbonyl (C=O) groups is 2. The van der Waals surface area contributed by atoms with E-state index in [0.29, 0.717) is 0 Å². The monoisotopic (exact) mass is 242 g/mol. The van der Waals surface area contributed by atoms with Crippen LogP contribution in [0.15, 0.2) is 0 Å². The summed E-state index contributed by atoms with van der Waals surface area (Å²) in [5.41, 5.74) is 4.89. The lowest BCUT2D eigenvalue weighted by Gasteiger charge is -2.12. The van der Waals surface area contributed by atoms with Crippen LogP contribution in [0.4, 0.5) is 0 Å². The van der Waals surface area contributed by atoms with Crippen molar-refractivity contribution >= 4 is 33.3 Å². The Balaban J connectivity index is 4.47. The van der Waals surface area contributed by atoms with Gasteiger partial charge in [0.1, 0.15) is 21.8 Å². The molecule has 3 N–H and O–H groups in total. The second-order valence-electron chi connectivity index (χ2n) is 2.75. The summed E-state index contributed by atoms with van der Waals surface area (Å²) in [5.74, 6) is -2.42. The summed E-state index contributed by atoms with van der Waals surface area (Å²) < 4.78 is 21.6. The summed E-state index contributed by atoms with van der Waals surface area (Å²) in [4.78, 5) is 21.5. The van der Waals surface area contributed by atoms with E-state index in [1.165, 1.54) is 0 Å². The quantitative estimate of drug-likeness (QED) is 0.557. The summed E-state index contributed by atoms with van der Waals surface area (Å²) in [6.45, 7) is 0. The van der Waals surface area contributed by atoms with Gasteiger partial charge in [0.05, 0.1) is 5.75 Å². The van der Waals surface area contributed by atoms with Crippen molar-refractivity contribution in [2.75, 3.05) is 17.9 Å². The zero-order valence-corrected chi connectivity index (χ0v) is 9.06. The smallest absolute Gasteiger partial charge is 0.241 e. The minimum Gasteiger partial charge on any atom is -0.368 e. The molecule has 0 aliphatic carbocycles. The molecule has 0 aromatic heterocycles. The molecule has 0 saturated heterocycles. The number of nitrogens with two attached hydrogens (primary N) is 1. The highest BCUT2D eigenvalue weighted by Gasteiger charge is 2.22. The van der Waals surface area contributed by atoms with Gasteiger partial charge in [0, 0.05) is 6.26 Å². The number of hydrogen-bond acceptors (Lipinski definition) is 4. The van der Waals surface area contributed by atoms with Crippen LogP contribution < -0.4 is 11.1 Å². The molecule has 1 unspecified atom stereocenters. The highest BCUT2D eigenvalue weighted by atomic mass is 35.5. The Morgan fingerprint density at radius 3 is 2.29 bits per heavy atom. The lowest BCUT2D eigenvalue weighted by Crippen LogP contribution is -2.48. The van der Waals surface area contributed by atoms with Crippen molar-refractivity contribution in [3.05, 3.63) is 0 Å². The summed E-state index contributed by atoms with van der Waals surface area (Å²) >= 11 is 5.16. The zero-order valence-electron chi connectivity index (χ0n) is 7.49. The third kappa shape index (κ3) is 5.76. The van der Waals surface area contributed by atoms with Gasteiger partial charge in [0.25, 0.3) is 0 Å². The third-order valence-electron chi connectivity index (χ3n) is 1.27. The Hall–Kier alpha value is -0.820. The van der Waals surface area contributed by atoms with Gasteiger partial charge in [0.15, 0.2) is 0 Å². The SMILES string of the molecule is CS(=O)(=O)CC(NC(=O)CCl)C(N)=O. The highest BCUT2D eigenvalue weighted by Crippen LogP contribution is 1.91. The third-order valence-corrected chi connectivity index (χ3v) is 2.45. The van der Waals surface area contributed by atoms with Crippen molar-refractivity contribution in [3.8, 4) is 0 Å². The van der Waals surface area contributed by atoms with Gasteiger partial charge in [-0.3, -0.25) is 9.59 Å². The molecule has 0 bridgehead atoms. The molecule has 0 aromatic rings. The van der Waals surface area contributed by atoms with Crippen molar-refractivity contribution in [2.45, 2.75) is 6.04 Å². The maximum absolute atomic E-state index is 10.8. The first-order valence-corrected chi connectivity index (χ1v) is 6.18. The average molecular weight is 243 g/mol. The Morgan fingerprint density at radius 1 is 1.50 bits per heavy atom. The van der Waals surface area contributed by atoms with Gasteiger partial charge < -0.3 is 11.1 Å². The fourth-order valence-corrected chi connectivity index (χ4v) is 1.66. The van der Waals surface area contributed by atoms with Crippen LogP contribution in [-0.2, 0) is 19.4 Å². The first-order valence-electron chi connectivity index (χ1n) is 3.58. The molecule has 0 saturated carbocycles. The Labute approximate surface area is 86.7 Å². The van der Waals surface area contributed by atoms with E-state index in [1.54, 1.807) is 0 Å². The Morgan fingerprint density at radius 2 is 2.00 bits per heavy atom. The molecule has 8 heteroatoms. The number of nitrogens with one attached hydrogen (secondary N) is 1. The van der Waals surface area contributed by atoms with E-state index in [2.05, 4.69) is 5.32 Å². The summed E-state index contributed by atoms with van der Waals surface area (Å²) in [6, 6.07) is -1.23. The lowest BCUT2D eigenvalue weighted by atomic mass is 10.3. The summed E-state index contributed by atoms with van der Waals surface area (Å²) in [7, 11) is -3.38. The fraction of sp³-hybridized carbons (Fsp3) is 0.667. The average Bonchev–Trinajstić information content (AvgIpc) is 2.00. The molecule has 0 radical (unpaired) electrons. The molecular formula is C6H11ClN2O4S. The molecule has 0 fully saturated rings. The van der Waals surface area contributed by atoms with Crippen molar-refractivity contribution in [3.63, 3.8) is 0 Å². The molecule has 0 aliphatic rings. The number of rotatable bonds is 5. The Kier molecular flexibility index (Phi) is 4.86. The molecule has 0 heterocycles. The summed E-state index contributed by atoms with van der Waals surface area (Å²) in [6.07, 6.45) is 0.940. The molecule has 0 spiro atoms. The normalized spacial score (nSPS) is 13.3. The van der Waals surface area contributed by atoms with Gasteiger partial charge in [-0.25, -0.2) is 8.42 Å². The van der Waals surface area contributed by atoms with Crippen LogP contribution >= 0.6 is 11.6 Å². The topological polar surface area (TPSA) is 106 Å². The molecule has 2 amide bonds. The summed E-state index contributed by atoms with van der Waals surface area (Å²) in [5, 5.41) is 2.10. The van der Waals surface area contributed by atoms with Gasteiger partial charge in [-0.05, 0) is 0 Å². The van der Waals surface area contributed by atoms with Gasteiger partial charge in [-0.1, -0.05) is 0 Å². The predicted molar refractivity (Wildman–Crippen MR) is 51.6 cm³/mol. The van der Waals surface area contributed by atoms with E-state index in [1.807, 2.05) is 0 Å². The van der Waals surface area contributed by atoms with Crippen LogP contribution in [-0.4, -0.2) is 44.2 Å². The molecule has 14 heavy (non-hydrogen) atoms. The highest BCUT2D eigenvalue weighted by molar-refractivity contribution is 7.90. The number of hydrogen-bond donors (Lipinski definition) is 2. The van der Waals surface area contributed by atoms with Gasteiger partial charge in [-0.15, -0.1) is 11.6 Å². The number of sulfone groups is 1. The molecule has 0 rings (SSSR count). The van der Waals surface area contributed by atoms with Crippen molar-refractivity contribution in [1.29, 1.82) is 0 Å². The number of primary amides is 1. The first-order chi connectivity index (χ1) is 6.26. The zero-order chi connectivity index (χ0) is 11.4. The van der Waals surface area contributed by atoms with Crippen LogP contribution in [0.1, 0.15) is 0 Å². The second kappa shape index (κ2) is 5.16. The van der Waals surface area contributed by atoms with Crippen LogP contribution in [0, 0.1) is 0 Å². The second-order valence-corrected chi connectivity index (χ2v) is 5.20. The number of carbonyl (C=O) groups excluding carboxylic acids is 2. The van der Waals surface area contributed by atoms with Crippen LogP contribution in [0.25, 0.3) is 0 Å². The minimum atomic E-state index is -3.38. The van der Waals surface area contributed by atoms with E-state index in [4.69, 9.17) is 17.3 Å². The van der Waals surface area contributed by atoms with Crippen LogP contribution in [0.3, 0.4) is 0 Å². The van der Waals surface area contributed by atoms with E-state index in [0.717, 1.165) is 6.26 Å². The standard InChI is InChI=1S/C6H11ClN2O4S/c1-14(12,13)3-4(6(8)11)9-5(10)2-7/h4H,2-3H2,1H3,(H2,8,11)(H,9,10). The lowest BCUT2D eigenvalue weighted by molar-refractivity contribution is -0.125. The minimum absolute atomic E-state index is 0.354. The molecule has 82 valence electrons. The number of alkyl halides is 1. The van der Waals surface area contributed by atoms with Crippen molar-refractivity contribution in [1.82, 2.24) is 5.32 Å². The molecule has 0 aliphatic heterocycles. The van der Waals surface area contributed by atoms with Crippen LogP contribution in [0.5, 0.6) is 0 Å². The maximum Gasteiger partial charge on any atom is 0.241 e. The van der Waals surface area contributed by atoms with Gasteiger partial charge in [-0.2, -0.15) is 0 Å². The number of amides is 2. The first kappa shape index (κ1) is 13.2. The molecule has 6 nitrogen and oxygen atoms in total. The number of halogens is 1. The molecular weight excluding hydrogens is 232 g/mol. The largest absolute Gasteiger partial charge is 0.368 e. The molecule has 0 aromatic carbocycles. The Bertz CT molecular complexity index is 327. The van der Waals surface area contributed by atoms with Gasteiger partial charge in [0.2, 0.25) is 11.8 Å². The van der Waals surface area contributed by atoms with Gasteiger partial charge >= 0.3 is 0 Å². The fourth-order valence-electron chi connectivity index (χ4n) is 0.731. The molecule has 1 atom stereocenters. The van der Waals surface area contributed by atoms with E-state index in [9.17, 15) is 18.0 Å². The van der Waals surface area contributed by atoms with E-state index < -0.39 is 33.4 Å². The maximum atomic E-state index is 10.8. The van der Waals surface area contributed by atoms with E-state index in [-0.39, 0.29) is 5.88 Å².